The highest BCUT2D eigenvalue weighted by atomic mass is 35.5. The van der Waals surface area contributed by atoms with Crippen molar-refractivity contribution in [1.82, 2.24) is 0 Å². The fourth-order valence-electron chi connectivity index (χ4n) is 2.16. The second-order valence-electron chi connectivity index (χ2n) is 5.18. The first-order valence-corrected chi connectivity index (χ1v) is 7.73. The summed E-state index contributed by atoms with van der Waals surface area (Å²) >= 11 is 6.15. The summed E-state index contributed by atoms with van der Waals surface area (Å²) in [5.41, 5.74) is 0.403. The Morgan fingerprint density at radius 2 is 1.83 bits per heavy atom. The van der Waals surface area contributed by atoms with Gasteiger partial charge in [-0.2, -0.15) is 0 Å². The molecule has 3 rings (SSSR count). The molecule has 0 aromatic heterocycles. The van der Waals surface area contributed by atoms with E-state index in [0.717, 1.165) is 0 Å². The monoisotopic (exact) mass is 351 g/mol. The molecule has 1 atom stereocenters. The number of carbonyl (C=O) groups is 1. The van der Waals surface area contributed by atoms with Crippen molar-refractivity contribution in [3.63, 3.8) is 0 Å². The lowest BCUT2D eigenvalue weighted by Gasteiger charge is -2.20. The first kappa shape index (κ1) is 16.4. The maximum atomic E-state index is 12.9. The molecule has 0 bridgehead atoms. The SMILES string of the molecule is CC(Oc1ccc(F)cc1)C(=O)Nc1cc2c(cc1Cl)OCCO2. The number of amides is 1. The van der Waals surface area contributed by atoms with E-state index in [4.69, 9.17) is 25.8 Å². The van der Waals surface area contributed by atoms with Crippen LogP contribution in [-0.4, -0.2) is 25.2 Å². The third-order valence-corrected chi connectivity index (χ3v) is 3.70. The molecule has 1 aliphatic rings. The Labute approximate surface area is 143 Å². The molecule has 2 aromatic rings. The molecule has 1 N–H and O–H groups in total. The Kier molecular flexibility index (Phi) is 4.76. The van der Waals surface area contributed by atoms with Crippen LogP contribution in [0.1, 0.15) is 6.92 Å². The Balaban J connectivity index is 1.68. The number of fused-ring (bicyclic) bond motifs is 1. The number of benzene rings is 2. The third kappa shape index (κ3) is 3.71. The van der Waals surface area contributed by atoms with Crippen LogP contribution in [0, 0.1) is 5.82 Å². The van der Waals surface area contributed by atoms with Gasteiger partial charge >= 0.3 is 0 Å². The predicted octanol–water partition coefficient (Wildman–Crippen LogP) is 3.66. The molecule has 0 aliphatic carbocycles. The van der Waals surface area contributed by atoms with Crippen LogP contribution >= 0.6 is 11.6 Å². The molecule has 0 saturated carbocycles. The van der Waals surface area contributed by atoms with Crippen molar-refractivity contribution >= 4 is 23.2 Å². The predicted molar refractivity (Wildman–Crippen MR) is 87.6 cm³/mol. The number of anilines is 1. The van der Waals surface area contributed by atoms with Crippen LogP contribution in [0.15, 0.2) is 36.4 Å². The topological polar surface area (TPSA) is 56.8 Å². The number of rotatable bonds is 4. The number of halogens is 2. The smallest absolute Gasteiger partial charge is 0.265 e. The number of carbonyl (C=O) groups excluding carboxylic acids is 1. The molecule has 1 heterocycles. The van der Waals surface area contributed by atoms with Crippen LogP contribution < -0.4 is 19.5 Å². The number of hydrogen-bond acceptors (Lipinski definition) is 4. The highest BCUT2D eigenvalue weighted by molar-refractivity contribution is 6.34. The molecule has 126 valence electrons. The van der Waals surface area contributed by atoms with Gasteiger partial charge in [-0.3, -0.25) is 4.79 Å². The molecular formula is C17H15ClFNO4. The van der Waals surface area contributed by atoms with Crippen LogP contribution in [0.5, 0.6) is 17.2 Å². The van der Waals surface area contributed by atoms with Crippen LogP contribution in [0.4, 0.5) is 10.1 Å². The van der Waals surface area contributed by atoms with E-state index < -0.39 is 12.0 Å². The first-order chi connectivity index (χ1) is 11.5. The summed E-state index contributed by atoms with van der Waals surface area (Å²) in [6.07, 6.45) is -0.792. The second-order valence-corrected chi connectivity index (χ2v) is 5.59. The number of nitrogens with one attached hydrogen (secondary N) is 1. The van der Waals surface area contributed by atoms with E-state index in [1.807, 2.05) is 0 Å². The van der Waals surface area contributed by atoms with Gasteiger partial charge in [-0.15, -0.1) is 0 Å². The first-order valence-electron chi connectivity index (χ1n) is 7.35. The Bertz CT molecular complexity index is 751. The van der Waals surface area contributed by atoms with Gasteiger partial charge in [0.25, 0.3) is 5.91 Å². The third-order valence-electron chi connectivity index (χ3n) is 3.39. The van der Waals surface area contributed by atoms with Gasteiger partial charge in [0, 0.05) is 12.1 Å². The zero-order chi connectivity index (χ0) is 17.1. The van der Waals surface area contributed by atoms with Crippen molar-refractivity contribution in [3.05, 3.63) is 47.2 Å². The van der Waals surface area contributed by atoms with E-state index >= 15 is 0 Å². The highest BCUT2D eigenvalue weighted by Gasteiger charge is 2.19. The maximum Gasteiger partial charge on any atom is 0.265 e. The van der Waals surface area contributed by atoms with E-state index in [2.05, 4.69) is 5.32 Å². The van der Waals surface area contributed by atoms with Gasteiger partial charge in [0.1, 0.15) is 24.8 Å². The van der Waals surface area contributed by atoms with Gasteiger partial charge < -0.3 is 19.5 Å². The van der Waals surface area contributed by atoms with Crippen LogP contribution in [0.2, 0.25) is 5.02 Å². The molecule has 0 fully saturated rings. The van der Waals surface area contributed by atoms with Crippen molar-refractivity contribution in [2.45, 2.75) is 13.0 Å². The maximum absolute atomic E-state index is 12.9. The Hall–Kier alpha value is -2.47. The van der Waals surface area contributed by atoms with Gasteiger partial charge in [-0.05, 0) is 31.2 Å². The Morgan fingerprint density at radius 3 is 2.50 bits per heavy atom. The van der Waals surface area contributed by atoms with E-state index in [1.165, 1.54) is 24.3 Å². The second kappa shape index (κ2) is 6.97. The summed E-state index contributed by atoms with van der Waals surface area (Å²) in [4.78, 5) is 12.3. The molecule has 24 heavy (non-hydrogen) atoms. The van der Waals surface area contributed by atoms with Crippen LogP contribution in [0.25, 0.3) is 0 Å². The minimum atomic E-state index is -0.792. The lowest BCUT2D eigenvalue weighted by Crippen LogP contribution is -2.30. The minimum absolute atomic E-state index is 0.335. The minimum Gasteiger partial charge on any atom is -0.486 e. The average molecular weight is 352 g/mol. The quantitative estimate of drug-likeness (QED) is 0.913. The van der Waals surface area contributed by atoms with E-state index in [1.54, 1.807) is 19.1 Å². The fraction of sp³-hybridized carbons (Fsp3) is 0.235. The number of hydrogen-bond donors (Lipinski definition) is 1. The molecule has 1 aliphatic heterocycles. The lowest BCUT2D eigenvalue weighted by molar-refractivity contribution is -0.122. The standard InChI is InChI=1S/C17H15ClFNO4/c1-10(24-12-4-2-11(19)3-5-12)17(21)20-14-9-16-15(8-13(14)18)22-6-7-23-16/h2-5,8-10H,6-7H2,1H3,(H,20,21). The van der Waals surface area contributed by atoms with E-state index in [9.17, 15) is 9.18 Å². The summed E-state index contributed by atoms with van der Waals surface area (Å²) in [6, 6.07) is 8.64. The van der Waals surface area contributed by atoms with Crippen LogP contribution in [-0.2, 0) is 4.79 Å². The van der Waals surface area contributed by atoms with Gasteiger partial charge in [0.15, 0.2) is 17.6 Å². The molecule has 1 amide bonds. The molecule has 0 spiro atoms. The fourth-order valence-corrected chi connectivity index (χ4v) is 2.37. The van der Waals surface area contributed by atoms with E-state index in [-0.39, 0.29) is 5.82 Å². The Morgan fingerprint density at radius 1 is 1.21 bits per heavy atom. The zero-order valence-electron chi connectivity index (χ0n) is 12.8. The largest absolute Gasteiger partial charge is 0.486 e. The van der Waals surface area contributed by atoms with Gasteiger partial charge in [-0.1, -0.05) is 11.6 Å². The van der Waals surface area contributed by atoms with E-state index in [0.29, 0.717) is 41.2 Å². The van der Waals surface area contributed by atoms with Crippen molar-refractivity contribution in [1.29, 1.82) is 0 Å². The molecule has 2 aromatic carbocycles. The molecule has 0 radical (unpaired) electrons. The normalized spacial score (nSPS) is 14.0. The number of ether oxygens (including phenoxy) is 3. The summed E-state index contributed by atoms with van der Waals surface area (Å²) in [5.74, 6) is 0.695. The van der Waals surface area contributed by atoms with Crippen molar-refractivity contribution in [3.8, 4) is 17.2 Å². The molecular weight excluding hydrogens is 337 g/mol. The summed E-state index contributed by atoms with van der Waals surface area (Å²) in [5, 5.41) is 3.02. The lowest BCUT2D eigenvalue weighted by atomic mass is 10.2. The van der Waals surface area contributed by atoms with Crippen molar-refractivity contribution < 1.29 is 23.4 Å². The molecule has 1 unspecified atom stereocenters. The van der Waals surface area contributed by atoms with Gasteiger partial charge in [0.2, 0.25) is 0 Å². The van der Waals surface area contributed by atoms with Crippen molar-refractivity contribution in [2.75, 3.05) is 18.5 Å². The highest BCUT2D eigenvalue weighted by Crippen LogP contribution is 2.38. The average Bonchev–Trinajstić information content (AvgIpc) is 2.57. The van der Waals surface area contributed by atoms with Crippen LogP contribution in [0.3, 0.4) is 0 Å². The summed E-state index contributed by atoms with van der Waals surface area (Å²) in [7, 11) is 0. The summed E-state index contributed by atoms with van der Waals surface area (Å²) < 4.78 is 29.2. The molecule has 5 nitrogen and oxygen atoms in total. The van der Waals surface area contributed by atoms with Crippen molar-refractivity contribution in [2.24, 2.45) is 0 Å². The molecule has 0 saturated heterocycles. The molecule has 7 heteroatoms. The zero-order valence-corrected chi connectivity index (χ0v) is 13.6. The van der Waals surface area contributed by atoms with Gasteiger partial charge in [0.05, 0.1) is 10.7 Å². The summed E-state index contributed by atoms with van der Waals surface area (Å²) in [6.45, 7) is 2.48. The van der Waals surface area contributed by atoms with Gasteiger partial charge in [-0.25, -0.2) is 4.39 Å².